The second-order valence-electron chi connectivity index (χ2n) is 2.86. The molecule has 0 radical (unpaired) electrons. The van der Waals surface area contributed by atoms with E-state index >= 15 is 0 Å². The Labute approximate surface area is 75.1 Å². The average molecular weight is 209 g/mol. The van der Waals surface area contributed by atoms with Gasteiger partial charge in [-0.25, -0.2) is 0 Å². The highest BCUT2D eigenvalue weighted by Crippen LogP contribution is 2.31. The van der Waals surface area contributed by atoms with E-state index in [2.05, 4.69) is 47.1 Å². The minimum atomic E-state index is 1.09. The molecule has 0 heterocycles. The van der Waals surface area contributed by atoms with E-state index in [1.54, 1.807) is 0 Å². The SMILES string of the molecule is CC1=CCc2c(Br)cccc21. The van der Waals surface area contributed by atoms with Gasteiger partial charge >= 0.3 is 0 Å². The first kappa shape index (κ1) is 7.11. The van der Waals surface area contributed by atoms with Crippen molar-refractivity contribution in [1.29, 1.82) is 0 Å². The molecule has 0 saturated carbocycles. The van der Waals surface area contributed by atoms with Gasteiger partial charge in [-0.1, -0.05) is 34.1 Å². The zero-order chi connectivity index (χ0) is 7.84. The highest BCUT2D eigenvalue weighted by atomic mass is 79.9. The lowest BCUT2D eigenvalue weighted by atomic mass is 10.1. The highest BCUT2D eigenvalue weighted by Gasteiger charge is 2.11. The van der Waals surface area contributed by atoms with Crippen LogP contribution in [0.3, 0.4) is 0 Å². The van der Waals surface area contributed by atoms with Crippen molar-refractivity contribution in [3.05, 3.63) is 39.9 Å². The number of rotatable bonds is 0. The fraction of sp³-hybridized carbons (Fsp3) is 0.200. The molecule has 0 saturated heterocycles. The Hall–Kier alpha value is -0.560. The molecule has 0 spiro atoms. The van der Waals surface area contributed by atoms with Gasteiger partial charge in [0.1, 0.15) is 0 Å². The molecule has 1 aromatic carbocycles. The maximum Gasteiger partial charge on any atom is 0.0216 e. The molecule has 56 valence electrons. The van der Waals surface area contributed by atoms with Gasteiger partial charge in [0, 0.05) is 4.47 Å². The zero-order valence-corrected chi connectivity index (χ0v) is 7.98. The highest BCUT2D eigenvalue weighted by molar-refractivity contribution is 9.10. The molecule has 0 nitrogen and oxygen atoms in total. The van der Waals surface area contributed by atoms with Crippen LogP contribution in [0.1, 0.15) is 18.1 Å². The third-order valence-electron chi connectivity index (χ3n) is 2.16. The van der Waals surface area contributed by atoms with Crippen LogP contribution in [-0.2, 0) is 6.42 Å². The summed E-state index contributed by atoms with van der Waals surface area (Å²) < 4.78 is 1.24. The summed E-state index contributed by atoms with van der Waals surface area (Å²) in [6, 6.07) is 6.37. The van der Waals surface area contributed by atoms with Gasteiger partial charge in [-0.2, -0.15) is 0 Å². The summed E-state index contributed by atoms with van der Waals surface area (Å²) in [5.41, 5.74) is 4.24. The van der Waals surface area contributed by atoms with Crippen LogP contribution < -0.4 is 0 Å². The van der Waals surface area contributed by atoms with Gasteiger partial charge in [-0.05, 0) is 36.1 Å². The molecule has 0 unspecified atom stereocenters. The van der Waals surface area contributed by atoms with Crippen LogP contribution in [0.15, 0.2) is 28.7 Å². The van der Waals surface area contributed by atoms with Gasteiger partial charge in [0.25, 0.3) is 0 Å². The predicted molar refractivity (Wildman–Crippen MR) is 51.5 cm³/mol. The minimum Gasteiger partial charge on any atom is -0.0765 e. The molecule has 1 aliphatic carbocycles. The number of allylic oxidation sites excluding steroid dienone is 2. The van der Waals surface area contributed by atoms with Crippen molar-refractivity contribution in [3.8, 4) is 0 Å². The van der Waals surface area contributed by atoms with E-state index in [4.69, 9.17) is 0 Å². The lowest BCUT2D eigenvalue weighted by molar-refractivity contribution is 1.29. The van der Waals surface area contributed by atoms with Crippen LogP contribution in [0.5, 0.6) is 0 Å². The van der Waals surface area contributed by atoms with Crippen molar-refractivity contribution in [2.24, 2.45) is 0 Å². The third-order valence-corrected chi connectivity index (χ3v) is 2.90. The molecular formula is C10H9Br. The van der Waals surface area contributed by atoms with Crippen LogP contribution in [0.4, 0.5) is 0 Å². The Kier molecular flexibility index (Phi) is 1.61. The Morgan fingerprint density at radius 2 is 2.18 bits per heavy atom. The molecule has 0 N–H and O–H groups in total. The molecule has 0 atom stereocenters. The zero-order valence-electron chi connectivity index (χ0n) is 6.39. The van der Waals surface area contributed by atoms with Crippen LogP contribution in [0.25, 0.3) is 5.57 Å². The molecule has 1 aliphatic rings. The standard InChI is InChI=1S/C10H9Br/c1-7-5-6-9-8(7)3-2-4-10(9)11/h2-5H,6H2,1H3. The first-order chi connectivity index (χ1) is 5.29. The Morgan fingerprint density at radius 3 is 2.91 bits per heavy atom. The molecule has 1 aromatic rings. The van der Waals surface area contributed by atoms with Crippen LogP contribution in [-0.4, -0.2) is 0 Å². The van der Waals surface area contributed by atoms with E-state index in [9.17, 15) is 0 Å². The topological polar surface area (TPSA) is 0 Å². The summed E-state index contributed by atoms with van der Waals surface area (Å²) in [5, 5.41) is 0. The van der Waals surface area contributed by atoms with Crippen molar-refractivity contribution in [3.63, 3.8) is 0 Å². The number of fused-ring (bicyclic) bond motifs is 1. The van der Waals surface area contributed by atoms with Crippen molar-refractivity contribution < 1.29 is 0 Å². The molecular weight excluding hydrogens is 200 g/mol. The fourth-order valence-corrected chi connectivity index (χ4v) is 2.03. The van der Waals surface area contributed by atoms with Crippen molar-refractivity contribution >= 4 is 21.5 Å². The summed E-state index contributed by atoms with van der Waals surface area (Å²) in [5.74, 6) is 0. The van der Waals surface area contributed by atoms with Gasteiger partial charge in [-0.15, -0.1) is 0 Å². The molecule has 0 aliphatic heterocycles. The smallest absolute Gasteiger partial charge is 0.0216 e. The first-order valence-corrected chi connectivity index (χ1v) is 4.53. The average Bonchev–Trinajstić information content (AvgIpc) is 2.35. The first-order valence-electron chi connectivity index (χ1n) is 3.73. The van der Waals surface area contributed by atoms with E-state index in [0.29, 0.717) is 0 Å². The normalized spacial score (nSPS) is 14.5. The van der Waals surface area contributed by atoms with Crippen LogP contribution >= 0.6 is 15.9 Å². The summed E-state index contributed by atoms with van der Waals surface area (Å²) >= 11 is 3.54. The molecule has 2 rings (SSSR count). The maximum absolute atomic E-state index is 3.54. The molecule has 0 bridgehead atoms. The van der Waals surface area contributed by atoms with E-state index in [-0.39, 0.29) is 0 Å². The van der Waals surface area contributed by atoms with Crippen molar-refractivity contribution in [2.75, 3.05) is 0 Å². The molecule has 0 amide bonds. The predicted octanol–water partition coefficient (Wildman–Crippen LogP) is 3.41. The largest absolute Gasteiger partial charge is 0.0765 e. The van der Waals surface area contributed by atoms with E-state index in [1.165, 1.54) is 21.2 Å². The summed E-state index contributed by atoms with van der Waals surface area (Å²) in [6.45, 7) is 2.16. The molecule has 0 fully saturated rings. The second kappa shape index (κ2) is 2.49. The van der Waals surface area contributed by atoms with Crippen molar-refractivity contribution in [1.82, 2.24) is 0 Å². The number of hydrogen-bond acceptors (Lipinski definition) is 0. The lowest BCUT2D eigenvalue weighted by Gasteiger charge is -2.01. The molecule has 0 aromatic heterocycles. The summed E-state index contributed by atoms with van der Waals surface area (Å²) in [4.78, 5) is 0. The quantitative estimate of drug-likeness (QED) is 0.614. The van der Waals surface area contributed by atoms with E-state index in [1.807, 2.05) is 0 Å². The van der Waals surface area contributed by atoms with Gasteiger partial charge in [0.2, 0.25) is 0 Å². The fourth-order valence-electron chi connectivity index (χ4n) is 1.50. The molecule has 11 heavy (non-hydrogen) atoms. The third kappa shape index (κ3) is 1.04. The molecule has 1 heteroatoms. The monoisotopic (exact) mass is 208 g/mol. The van der Waals surface area contributed by atoms with Gasteiger partial charge in [0.15, 0.2) is 0 Å². The summed E-state index contributed by atoms with van der Waals surface area (Å²) in [7, 11) is 0. The van der Waals surface area contributed by atoms with Crippen LogP contribution in [0, 0.1) is 0 Å². The van der Waals surface area contributed by atoms with Gasteiger partial charge < -0.3 is 0 Å². The summed E-state index contributed by atoms with van der Waals surface area (Å²) in [6.07, 6.45) is 3.36. The van der Waals surface area contributed by atoms with Crippen molar-refractivity contribution in [2.45, 2.75) is 13.3 Å². The Bertz CT molecular complexity index is 324. The second-order valence-corrected chi connectivity index (χ2v) is 3.71. The minimum absolute atomic E-state index is 1.09. The van der Waals surface area contributed by atoms with Gasteiger partial charge in [-0.3, -0.25) is 0 Å². The lowest BCUT2D eigenvalue weighted by Crippen LogP contribution is -1.83. The number of benzene rings is 1. The Morgan fingerprint density at radius 1 is 1.36 bits per heavy atom. The van der Waals surface area contributed by atoms with Gasteiger partial charge in [0.05, 0.1) is 0 Å². The van der Waals surface area contributed by atoms with Crippen LogP contribution in [0.2, 0.25) is 0 Å². The number of hydrogen-bond donors (Lipinski definition) is 0. The number of halogens is 1. The maximum atomic E-state index is 3.54. The van der Waals surface area contributed by atoms with E-state index in [0.717, 1.165) is 6.42 Å². The Balaban J connectivity index is 2.64. The van der Waals surface area contributed by atoms with E-state index < -0.39 is 0 Å².